The molecule has 0 aliphatic carbocycles. The van der Waals surface area contributed by atoms with Gasteiger partial charge >= 0.3 is 6.18 Å². The first-order valence-corrected chi connectivity index (χ1v) is 9.85. The van der Waals surface area contributed by atoms with E-state index < -0.39 is 11.7 Å². The van der Waals surface area contributed by atoms with Gasteiger partial charge in [-0.05, 0) is 24.5 Å². The van der Waals surface area contributed by atoms with Crippen LogP contribution in [0.25, 0.3) is 10.6 Å². The highest BCUT2D eigenvalue weighted by atomic mass is 32.1. The second kappa shape index (κ2) is 9.69. The Bertz CT molecular complexity index is 840. The fourth-order valence-electron chi connectivity index (χ4n) is 2.58. The number of aromatic nitrogens is 1. The molecule has 0 aliphatic heterocycles. The van der Waals surface area contributed by atoms with E-state index >= 15 is 0 Å². The van der Waals surface area contributed by atoms with Crippen molar-refractivity contribution in [3.8, 4) is 16.6 Å². The van der Waals surface area contributed by atoms with E-state index in [1.165, 1.54) is 17.4 Å². The Morgan fingerprint density at radius 1 is 1.32 bits per heavy atom. The summed E-state index contributed by atoms with van der Waals surface area (Å²) in [6.45, 7) is 5.07. The lowest BCUT2D eigenvalue weighted by Gasteiger charge is -2.22. The average Bonchev–Trinajstić information content (AvgIpc) is 3.09. The summed E-state index contributed by atoms with van der Waals surface area (Å²) in [4.78, 5) is 18.6. The van der Waals surface area contributed by atoms with Crippen LogP contribution in [0.5, 0.6) is 0 Å². The number of hydrogen-bond donors (Lipinski definition) is 0. The minimum absolute atomic E-state index is 0.0684. The molecule has 0 atom stereocenters. The Labute approximate surface area is 166 Å². The molecular formula is C20H22F3N3OS. The highest BCUT2D eigenvalue weighted by Crippen LogP contribution is 2.33. The Morgan fingerprint density at radius 3 is 2.71 bits per heavy atom. The SMILES string of the molecule is CC(C)CCN(CCC#N)C(=O)Cc1csc(-c2cccc(C(F)(F)F)c2)n1. The molecule has 150 valence electrons. The number of halogens is 3. The molecule has 1 heterocycles. The van der Waals surface area contributed by atoms with Crippen LogP contribution in [0.1, 0.15) is 37.9 Å². The van der Waals surface area contributed by atoms with E-state index in [4.69, 9.17) is 5.26 Å². The van der Waals surface area contributed by atoms with Gasteiger partial charge in [-0.3, -0.25) is 4.79 Å². The number of hydrogen-bond acceptors (Lipinski definition) is 4. The molecular weight excluding hydrogens is 387 g/mol. The fourth-order valence-corrected chi connectivity index (χ4v) is 3.39. The summed E-state index contributed by atoms with van der Waals surface area (Å²) in [6.07, 6.45) is -3.25. The van der Waals surface area contributed by atoms with Gasteiger partial charge in [-0.2, -0.15) is 18.4 Å². The van der Waals surface area contributed by atoms with Crippen molar-refractivity contribution >= 4 is 17.2 Å². The molecule has 0 saturated carbocycles. The molecule has 0 aliphatic rings. The van der Waals surface area contributed by atoms with Gasteiger partial charge in [-0.1, -0.05) is 26.0 Å². The number of carbonyl (C=O) groups excluding carboxylic acids is 1. The van der Waals surface area contributed by atoms with Gasteiger partial charge in [0.2, 0.25) is 5.91 Å². The van der Waals surface area contributed by atoms with Gasteiger partial charge in [-0.25, -0.2) is 4.98 Å². The minimum Gasteiger partial charge on any atom is -0.341 e. The summed E-state index contributed by atoms with van der Waals surface area (Å²) in [5.41, 5.74) is 0.169. The van der Waals surface area contributed by atoms with Crippen LogP contribution < -0.4 is 0 Å². The van der Waals surface area contributed by atoms with Gasteiger partial charge in [0.05, 0.1) is 30.2 Å². The van der Waals surface area contributed by atoms with Crippen molar-refractivity contribution in [2.75, 3.05) is 13.1 Å². The van der Waals surface area contributed by atoms with Crippen LogP contribution in [0.15, 0.2) is 29.6 Å². The molecule has 4 nitrogen and oxygen atoms in total. The lowest BCUT2D eigenvalue weighted by molar-refractivity contribution is -0.137. The zero-order valence-electron chi connectivity index (χ0n) is 15.8. The fraction of sp³-hybridized carbons (Fsp3) is 0.450. The first-order chi connectivity index (χ1) is 13.2. The summed E-state index contributed by atoms with van der Waals surface area (Å²) >= 11 is 1.21. The van der Waals surface area contributed by atoms with Gasteiger partial charge in [0, 0.05) is 24.0 Å². The van der Waals surface area contributed by atoms with Gasteiger partial charge in [0.25, 0.3) is 0 Å². The molecule has 8 heteroatoms. The summed E-state index contributed by atoms with van der Waals surface area (Å²) in [5, 5.41) is 10.9. The van der Waals surface area contributed by atoms with Crippen molar-refractivity contribution in [1.29, 1.82) is 5.26 Å². The number of nitriles is 1. The first kappa shape index (κ1) is 21.9. The predicted octanol–water partition coefficient (Wildman–Crippen LogP) is 5.16. The van der Waals surface area contributed by atoms with Gasteiger partial charge in [0.1, 0.15) is 5.01 Å². The monoisotopic (exact) mass is 409 g/mol. The van der Waals surface area contributed by atoms with Crippen LogP contribution in [-0.4, -0.2) is 28.9 Å². The molecule has 0 saturated heterocycles. The topological polar surface area (TPSA) is 57.0 Å². The van der Waals surface area contributed by atoms with Crippen LogP contribution in [-0.2, 0) is 17.4 Å². The second-order valence-corrected chi connectivity index (χ2v) is 7.73. The number of amides is 1. The predicted molar refractivity (Wildman–Crippen MR) is 103 cm³/mol. The van der Waals surface area contributed by atoms with E-state index in [2.05, 4.69) is 18.8 Å². The van der Waals surface area contributed by atoms with Crippen LogP contribution in [0, 0.1) is 17.2 Å². The van der Waals surface area contributed by atoms with Crippen molar-refractivity contribution in [3.05, 3.63) is 40.9 Å². The third kappa shape index (κ3) is 6.34. The van der Waals surface area contributed by atoms with E-state index in [-0.39, 0.29) is 18.7 Å². The van der Waals surface area contributed by atoms with Crippen molar-refractivity contribution < 1.29 is 18.0 Å². The van der Waals surface area contributed by atoms with E-state index in [9.17, 15) is 18.0 Å². The Morgan fingerprint density at radius 2 is 2.07 bits per heavy atom. The number of carbonyl (C=O) groups is 1. The molecule has 0 N–H and O–H groups in total. The van der Waals surface area contributed by atoms with Gasteiger partial charge in [-0.15, -0.1) is 11.3 Å². The zero-order valence-corrected chi connectivity index (χ0v) is 16.6. The normalized spacial score (nSPS) is 11.5. The Hall–Kier alpha value is -2.40. The molecule has 28 heavy (non-hydrogen) atoms. The lowest BCUT2D eigenvalue weighted by Crippen LogP contribution is -2.34. The molecule has 2 aromatic rings. The minimum atomic E-state index is -4.41. The summed E-state index contributed by atoms with van der Waals surface area (Å²) < 4.78 is 38.7. The highest BCUT2D eigenvalue weighted by Gasteiger charge is 2.30. The quantitative estimate of drug-likeness (QED) is 0.605. The molecule has 0 bridgehead atoms. The van der Waals surface area contributed by atoms with Gasteiger partial charge in [0.15, 0.2) is 0 Å². The van der Waals surface area contributed by atoms with Crippen molar-refractivity contribution in [1.82, 2.24) is 9.88 Å². The summed E-state index contributed by atoms with van der Waals surface area (Å²) in [5.74, 6) is 0.306. The maximum absolute atomic E-state index is 12.9. The van der Waals surface area contributed by atoms with Crippen LogP contribution in [0.4, 0.5) is 13.2 Å². The van der Waals surface area contributed by atoms with Crippen molar-refractivity contribution in [3.63, 3.8) is 0 Å². The van der Waals surface area contributed by atoms with Crippen molar-refractivity contribution in [2.45, 2.75) is 39.3 Å². The van der Waals surface area contributed by atoms with Crippen molar-refractivity contribution in [2.24, 2.45) is 5.92 Å². The Kier molecular flexibility index (Phi) is 7.58. The first-order valence-electron chi connectivity index (χ1n) is 8.97. The van der Waals surface area contributed by atoms with E-state index in [0.717, 1.165) is 18.6 Å². The summed E-state index contributed by atoms with van der Waals surface area (Å²) in [7, 11) is 0. The van der Waals surface area contributed by atoms with Crippen LogP contribution >= 0.6 is 11.3 Å². The number of benzene rings is 1. The number of thiazole rings is 1. The molecule has 1 aromatic carbocycles. The molecule has 2 rings (SSSR count). The number of alkyl halides is 3. The maximum Gasteiger partial charge on any atom is 0.416 e. The molecule has 0 radical (unpaired) electrons. The van der Waals surface area contributed by atoms with Crippen LogP contribution in [0.3, 0.4) is 0 Å². The Balaban J connectivity index is 2.10. The van der Waals surface area contributed by atoms with E-state index in [0.29, 0.717) is 35.3 Å². The highest BCUT2D eigenvalue weighted by molar-refractivity contribution is 7.13. The third-order valence-corrected chi connectivity index (χ3v) is 5.08. The zero-order chi connectivity index (χ0) is 20.7. The number of rotatable bonds is 8. The summed E-state index contributed by atoms with van der Waals surface area (Å²) in [6, 6.07) is 7.05. The van der Waals surface area contributed by atoms with Gasteiger partial charge < -0.3 is 4.90 Å². The third-order valence-electron chi connectivity index (χ3n) is 4.14. The lowest BCUT2D eigenvalue weighted by atomic mass is 10.1. The smallest absolute Gasteiger partial charge is 0.341 e. The molecule has 0 unspecified atom stereocenters. The second-order valence-electron chi connectivity index (χ2n) is 6.87. The number of nitrogens with zero attached hydrogens (tertiary/aromatic N) is 3. The van der Waals surface area contributed by atoms with E-state index in [1.54, 1.807) is 16.3 Å². The average molecular weight is 409 g/mol. The molecule has 1 aromatic heterocycles. The van der Waals surface area contributed by atoms with E-state index in [1.807, 2.05) is 6.07 Å². The standard InChI is InChI=1S/C20H22F3N3OS/c1-14(2)7-10-26(9-4-8-24)18(27)12-17-13-28-19(25-17)15-5-3-6-16(11-15)20(21,22)23/h3,5-6,11,13-14H,4,7,9-10,12H2,1-2H3. The molecule has 0 spiro atoms. The van der Waals surface area contributed by atoms with Crippen LogP contribution in [0.2, 0.25) is 0 Å². The molecule has 1 amide bonds. The molecule has 0 fully saturated rings. The largest absolute Gasteiger partial charge is 0.416 e. The maximum atomic E-state index is 12.9.